The molecule has 36 heavy (non-hydrogen) atoms. The van der Waals surface area contributed by atoms with Crippen molar-refractivity contribution in [3.05, 3.63) is 65.5 Å². The van der Waals surface area contributed by atoms with Crippen LogP contribution in [0.5, 0.6) is 0 Å². The number of aryl methyl sites for hydroxylation is 1. The average molecular weight is 510 g/mol. The Kier molecular flexibility index (Phi) is 8.02. The Morgan fingerprint density at radius 2 is 1.72 bits per heavy atom. The molecule has 4 rings (SSSR count). The summed E-state index contributed by atoms with van der Waals surface area (Å²) in [5.74, 6) is -3.06. The molecule has 0 radical (unpaired) electrons. The van der Waals surface area contributed by atoms with E-state index in [-0.39, 0.29) is 29.7 Å². The van der Waals surface area contributed by atoms with Crippen LogP contribution in [0, 0.1) is 12.7 Å². The van der Waals surface area contributed by atoms with E-state index >= 15 is 0 Å². The molecule has 2 fully saturated rings. The standard InChI is InChI=1S/C23H26FN3O2.C2HF3O2/c1-17-6-8-18(9-7-17)12-21(28)26-11-10-23(15-26)16-27(22(29)14-25(23)2)20-5-3-4-19(24)13-20;3-2(4,5)1(6)7/h3-9,13H,10-12,14-16H2,1-2H3;(H,6,7). The van der Waals surface area contributed by atoms with Crippen molar-refractivity contribution in [2.75, 3.05) is 38.1 Å². The van der Waals surface area contributed by atoms with Crippen LogP contribution in [0.25, 0.3) is 0 Å². The minimum absolute atomic E-state index is 0.0480. The highest BCUT2D eigenvalue weighted by Gasteiger charge is 2.48. The number of amides is 2. The topological polar surface area (TPSA) is 81.2 Å². The average Bonchev–Trinajstić information content (AvgIpc) is 3.23. The molecule has 2 saturated heterocycles. The molecule has 2 aliphatic heterocycles. The predicted molar refractivity (Wildman–Crippen MR) is 124 cm³/mol. The van der Waals surface area contributed by atoms with Crippen molar-refractivity contribution >= 4 is 23.5 Å². The molecule has 1 atom stereocenters. The highest BCUT2D eigenvalue weighted by atomic mass is 19.4. The number of carboxylic acids is 1. The number of carbonyl (C=O) groups is 3. The SMILES string of the molecule is Cc1ccc(CC(=O)N2CCC3(C2)CN(c2cccc(F)c2)C(=O)CN3C)cc1.O=C(O)C(F)(F)F. The van der Waals surface area contributed by atoms with Gasteiger partial charge in [0.2, 0.25) is 11.8 Å². The van der Waals surface area contributed by atoms with E-state index in [0.717, 1.165) is 12.0 Å². The smallest absolute Gasteiger partial charge is 0.475 e. The first-order valence-electron chi connectivity index (χ1n) is 11.2. The zero-order valence-electron chi connectivity index (χ0n) is 19.9. The van der Waals surface area contributed by atoms with Crippen LogP contribution in [-0.4, -0.2) is 77.6 Å². The molecule has 194 valence electrons. The predicted octanol–water partition coefficient (Wildman–Crippen LogP) is 3.26. The van der Waals surface area contributed by atoms with Crippen molar-refractivity contribution in [2.45, 2.75) is 31.5 Å². The summed E-state index contributed by atoms with van der Waals surface area (Å²) < 4.78 is 45.4. The number of aliphatic carboxylic acids is 1. The van der Waals surface area contributed by atoms with E-state index in [0.29, 0.717) is 31.7 Å². The first kappa shape index (κ1) is 27.1. The lowest BCUT2D eigenvalue weighted by Gasteiger charge is -2.46. The Labute approximate surface area is 205 Å². The van der Waals surface area contributed by atoms with E-state index in [1.807, 2.05) is 43.1 Å². The van der Waals surface area contributed by atoms with Gasteiger partial charge < -0.3 is 14.9 Å². The summed E-state index contributed by atoms with van der Waals surface area (Å²) in [7, 11) is 1.94. The number of piperazine rings is 1. The van der Waals surface area contributed by atoms with Crippen molar-refractivity contribution in [1.82, 2.24) is 9.80 Å². The number of carbonyl (C=O) groups excluding carboxylic acids is 2. The van der Waals surface area contributed by atoms with Crippen LogP contribution in [-0.2, 0) is 20.8 Å². The molecular formula is C25H27F4N3O4. The highest BCUT2D eigenvalue weighted by Crippen LogP contribution is 2.33. The molecule has 0 saturated carbocycles. The molecule has 11 heteroatoms. The molecule has 2 aromatic carbocycles. The number of nitrogens with zero attached hydrogens (tertiary/aromatic N) is 3. The molecule has 0 bridgehead atoms. The molecule has 2 heterocycles. The van der Waals surface area contributed by atoms with Crippen molar-refractivity contribution in [3.63, 3.8) is 0 Å². The molecule has 1 spiro atoms. The maximum Gasteiger partial charge on any atom is 0.490 e. The van der Waals surface area contributed by atoms with E-state index < -0.39 is 12.1 Å². The lowest BCUT2D eigenvalue weighted by Crippen LogP contribution is -2.64. The number of halogens is 4. The fourth-order valence-corrected chi connectivity index (χ4v) is 4.34. The second-order valence-corrected chi connectivity index (χ2v) is 9.07. The highest BCUT2D eigenvalue weighted by molar-refractivity contribution is 5.96. The maximum atomic E-state index is 13.7. The number of carboxylic acid groups (broad SMARTS) is 1. The zero-order chi connectivity index (χ0) is 26.7. The van der Waals surface area contributed by atoms with Gasteiger partial charge in [0.1, 0.15) is 5.82 Å². The third-order valence-corrected chi connectivity index (χ3v) is 6.46. The molecule has 0 aliphatic carbocycles. The van der Waals surface area contributed by atoms with Crippen LogP contribution in [0.1, 0.15) is 17.5 Å². The summed E-state index contributed by atoms with van der Waals surface area (Å²) in [5, 5.41) is 7.12. The van der Waals surface area contributed by atoms with Crippen LogP contribution in [0.2, 0.25) is 0 Å². The van der Waals surface area contributed by atoms with Crippen LogP contribution >= 0.6 is 0 Å². The number of hydrogen-bond acceptors (Lipinski definition) is 4. The largest absolute Gasteiger partial charge is 0.490 e. The van der Waals surface area contributed by atoms with Gasteiger partial charge >= 0.3 is 12.1 Å². The second-order valence-electron chi connectivity index (χ2n) is 9.07. The Hall–Kier alpha value is -3.47. The fourth-order valence-electron chi connectivity index (χ4n) is 4.34. The Balaban J connectivity index is 0.000000454. The minimum atomic E-state index is -5.08. The van der Waals surface area contributed by atoms with Crippen LogP contribution in [0.15, 0.2) is 48.5 Å². The van der Waals surface area contributed by atoms with Crippen molar-refractivity contribution in [3.8, 4) is 0 Å². The Morgan fingerprint density at radius 3 is 2.31 bits per heavy atom. The maximum absolute atomic E-state index is 13.7. The fraction of sp³-hybridized carbons (Fsp3) is 0.400. The minimum Gasteiger partial charge on any atom is -0.475 e. The van der Waals surface area contributed by atoms with E-state index in [2.05, 4.69) is 4.90 Å². The summed E-state index contributed by atoms with van der Waals surface area (Å²) in [6.07, 6.45) is -3.91. The monoisotopic (exact) mass is 509 g/mol. The summed E-state index contributed by atoms with van der Waals surface area (Å²) in [5.41, 5.74) is 2.46. The van der Waals surface area contributed by atoms with Gasteiger partial charge in [0.25, 0.3) is 0 Å². The van der Waals surface area contributed by atoms with Gasteiger partial charge in [0.15, 0.2) is 0 Å². The van der Waals surface area contributed by atoms with Gasteiger partial charge in [0, 0.05) is 25.3 Å². The van der Waals surface area contributed by atoms with E-state index in [1.165, 1.54) is 17.7 Å². The normalized spacial score (nSPS) is 20.3. The molecule has 0 aromatic heterocycles. The van der Waals surface area contributed by atoms with Gasteiger partial charge in [-0.2, -0.15) is 13.2 Å². The van der Waals surface area contributed by atoms with Gasteiger partial charge in [-0.1, -0.05) is 35.9 Å². The van der Waals surface area contributed by atoms with Crippen LogP contribution in [0.4, 0.5) is 23.2 Å². The van der Waals surface area contributed by atoms with E-state index in [4.69, 9.17) is 9.90 Å². The number of benzene rings is 2. The summed E-state index contributed by atoms with van der Waals surface area (Å²) in [4.78, 5) is 40.0. The lowest BCUT2D eigenvalue weighted by molar-refractivity contribution is -0.192. The molecule has 7 nitrogen and oxygen atoms in total. The van der Waals surface area contributed by atoms with Gasteiger partial charge in [-0.25, -0.2) is 9.18 Å². The number of likely N-dealkylation sites (N-methyl/N-ethyl adjacent to an activating group) is 1. The number of hydrogen-bond donors (Lipinski definition) is 1. The number of likely N-dealkylation sites (tertiary alicyclic amines) is 1. The first-order chi connectivity index (χ1) is 16.8. The summed E-state index contributed by atoms with van der Waals surface area (Å²) >= 11 is 0. The first-order valence-corrected chi connectivity index (χ1v) is 11.2. The molecule has 1 N–H and O–H groups in total. The molecule has 2 aliphatic rings. The third-order valence-electron chi connectivity index (χ3n) is 6.46. The quantitative estimate of drug-likeness (QED) is 0.643. The molecular weight excluding hydrogens is 482 g/mol. The Morgan fingerprint density at radius 1 is 1.08 bits per heavy atom. The summed E-state index contributed by atoms with van der Waals surface area (Å²) in [6, 6.07) is 14.2. The number of anilines is 1. The van der Waals surface area contributed by atoms with Gasteiger partial charge in [-0.15, -0.1) is 0 Å². The number of rotatable bonds is 3. The van der Waals surface area contributed by atoms with Crippen molar-refractivity contribution in [1.29, 1.82) is 0 Å². The number of alkyl halides is 3. The zero-order valence-corrected chi connectivity index (χ0v) is 19.9. The van der Waals surface area contributed by atoms with Crippen molar-refractivity contribution in [2.24, 2.45) is 0 Å². The lowest BCUT2D eigenvalue weighted by atomic mass is 9.92. The third kappa shape index (κ3) is 6.39. The summed E-state index contributed by atoms with van der Waals surface area (Å²) in [6.45, 7) is 3.99. The molecule has 2 aromatic rings. The van der Waals surface area contributed by atoms with E-state index in [1.54, 1.807) is 17.0 Å². The second kappa shape index (κ2) is 10.7. The Bertz CT molecular complexity index is 1120. The van der Waals surface area contributed by atoms with E-state index in [9.17, 15) is 27.2 Å². The van der Waals surface area contributed by atoms with Gasteiger partial charge in [-0.3, -0.25) is 14.5 Å². The van der Waals surface area contributed by atoms with Crippen LogP contribution < -0.4 is 4.90 Å². The molecule has 2 amide bonds. The van der Waals surface area contributed by atoms with Crippen molar-refractivity contribution < 1.29 is 37.1 Å². The van der Waals surface area contributed by atoms with Gasteiger partial charge in [0.05, 0.1) is 18.5 Å². The molecule has 1 unspecified atom stereocenters. The van der Waals surface area contributed by atoms with Crippen LogP contribution in [0.3, 0.4) is 0 Å². The van der Waals surface area contributed by atoms with Gasteiger partial charge in [-0.05, 0) is 44.2 Å².